The average molecular weight is 283 g/mol. The van der Waals surface area contributed by atoms with Crippen molar-refractivity contribution in [2.24, 2.45) is 5.14 Å². The Morgan fingerprint density at radius 2 is 2.11 bits per heavy atom. The average Bonchev–Trinajstić information content (AvgIpc) is 2.77. The van der Waals surface area contributed by atoms with Gasteiger partial charge in [-0.1, -0.05) is 12.1 Å². The molecule has 1 heterocycles. The maximum atomic E-state index is 11.4. The summed E-state index contributed by atoms with van der Waals surface area (Å²) in [6.45, 7) is 0. The van der Waals surface area contributed by atoms with Crippen LogP contribution < -0.4 is 9.88 Å². The highest BCUT2D eigenvalue weighted by Gasteiger charge is 2.15. The van der Waals surface area contributed by atoms with Crippen molar-refractivity contribution in [3.63, 3.8) is 0 Å². The Bertz CT molecular complexity index is 647. The molecule has 96 valence electrons. The molecule has 18 heavy (non-hydrogen) atoms. The summed E-state index contributed by atoms with van der Waals surface area (Å²) in [7, 11) is -2.04. The lowest BCUT2D eigenvalue weighted by Crippen LogP contribution is -2.12. The first-order chi connectivity index (χ1) is 8.50. The minimum Gasteiger partial charge on any atom is -0.497 e. The molecule has 6 heteroatoms. The van der Waals surface area contributed by atoms with Crippen molar-refractivity contribution in [2.75, 3.05) is 7.11 Å². The molecule has 1 aromatic carbocycles. The van der Waals surface area contributed by atoms with Gasteiger partial charge in [0.1, 0.15) is 9.96 Å². The van der Waals surface area contributed by atoms with Crippen molar-refractivity contribution in [3.8, 4) is 5.75 Å². The molecule has 0 amide bonds. The van der Waals surface area contributed by atoms with Crippen LogP contribution in [0.25, 0.3) is 0 Å². The van der Waals surface area contributed by atoms with E-state index in [2.05, 4.69) is 0 Å². The summed E-state index contributed by atoms with van der Waals surface area (Å²) in [6, 6.07) is 9.30. The Kier molecular flexibility index (Phi) is 3.70. The minimum absolute atomic E-state index is 0.227. The molecule has 1 aromatic heterocycles. The summed E-state index contributed by atoms with van der Waals surface area (Å²) in [5.74, 6) is 0.750. The summed E-state index contributed by atoms with van der Waals surface area (Å²) < 4.78 is 28.1. The first-order valence-electron chi connectivity index (χ1n) is 5.23. The number of benzene rings is 1. The van der Waals surface area contributed by atoms with Crippen molar-refractivity contribution in [1.82, 2.24) is 0 Å². The minimum atomic E-state index is -3.64. The highest BCUT2D eigenvalue weighted by Crippen LogP contribution is 2.25. The van der Waals surface area contributed by atoms with Gasteiger partial charge in [-0.2, -0.15) is 0 Å². The highest BCUT2D eigenvalue weighted by atomic mass is 32.2. The van der Waals surface area contributed by atoms with Crippen molar-refractivity contribution < 1.29 is 13.2 Å². The summed E-state index contributed by atoms with van der Waals surface area (Å²) in [6.07, 6.45) is 0.520. The van der Waals surface area contributed by atoms with Gasteiger partial charge in [0.2, 0.25) is 10.0 Å². The molecule has 2 aromatic rings. The molecule has 0 fully saturated rings. The second kappa shape index (κ2) is 5.09. The second-order valence-corrected chi connectivity index (χ2v) is 6.48. The van der Waals surface area contributed by atoms with Crippen molar-refractivity contribution in [3.05, 3.63) is 46.8 Å². The fraction of sp³-hybridized carbons (Fsp3) is 0.167. The fourth-order valence-corrected chi connectivity index (χ4v) is 3.56. The first-order valence-corrected chi connectivity index (χ1v) is 7.65. The van der Waals surface area contributed by atoms with Gasteiger partial charge < -0.3 is 4.74 Å². The molecular weight excluding hydrogens is 270 g/mol. The third kappa shape index (κ3) is 2.90. The molecule has 0 spiro atoms. The number of rotatable bonds is 4. The number of nitrogens with two attached hydrogens (primary N) is 1. The topological polar surface area (TPSA) is 69.4 Å². The number of ether oxygens (including phenoxy) is 1. The molecule has 0 aliphatic rings. The van der Waals surface area contributed by atoms with E-state index in [1.54, 1.807) is 18.6 Å². The third-order valence-corrected chi connectivity index (χ3v) is 5.01. The van der Waals surface area contributed by atoms with Crippen LogP contribution in [-0.2, 0) is 16.4 Å². The van der Waals surface area contributed by atoms with Gasteiger partial charge in [0.05, 0.1) is 7.11 Å². The Morgan fingerprint density at radius 3 is 2.78 bits per heavy atom. The molecular formula is C12H13NO3S2. The lowest BCUT2D eigenvalue weighted by atomic mass is 10.1. The van der Waals surface area contributed by atoms with Crippen LogP contribution in [0.15, 0.2) is 39.9 Å². The van der Waals surface area contributed by atoms with E-state index in [9.17, 15) is 8.42 Å². The molecule has 0 bridgehead atoms. The van der Waals surface area contributed by atoms with Crippen molar-refractivity contribution >= 4 is 21.4 Å². The smallest absolute Gasteiger partial charge is 0.247 e. The zero-order valence-corrected chi connectivity index (χ0v) is 11.4. The molecule has 0 aliphatic carbocycles. The maximum absolute atomic E-state index is 11.4. The summed E-state index contributed by atoms with van der Waals surface area (Å²) in [5.41, 5.74) is 1.70. The van der Waals surface area contributed by atoms with Crippen molar-refractivity contribution in [1.29, 1.82) is 0 Å². The Hall–Kier alpha value is -1.37. The number of methoxy groups -OCH3 is 1. The third-order valence-electron chi connectivity index (χ3n) is 2.49. The van der Waals surface area contributed by atoms with E-state index in [1.165, 1.54) is 0 Å². The van der Waals surface area contributed by atoms with E-state index in [1.807, 2.05) is 24.3 Å². The van der Waals surface area contributed by atoms with Crippen LogP contribution >= 0.6 is 11.3 Å². The Morgan fingerprint density at radius 1 is 1.33 bits per heavy atom. The predicted molar refractivity (Wildman–Crippen MR) is 71.5 cm³/mol. The van der Waals surface area contributed by atoms with Crippen LogP contribution in [0.3, 0.4) is 0 Å². The summed E-state index contributed by atoms with van der Waals surface area (Å²) >= 11 is 1.14. The van der Waals surface area contributed by atoms with Gasteiger partial charge in [0.25, 0.3) is 0 Å². The second-order valence-electron chi connectivity index (χ2n) is 3.81. The Labute approximate surface area is 110 Å². The van der Waals surface area contributed by atoms with Crippen LogP contribution in [0.5, 0.6) is 5.75 Å². The molecule has 0 radical (unpaired) electrons. The lowest BCUT2D eigenvalue weighted by molar-refractivity contribution is 0.414. The Balaban J connectivity index is 2.32. The molecule has 4 nitrogen and oxygen atoms in total. The van der Waals surface area contributed by atoms with E-state index < -0.39 is 10.0 Å². The molecule has 2 N–H and O–H groups in total. The number of thiophene rings is 1. The van der Waals surface area contributed by atoms with Crippen LogP contribution in [0, 0.1) is 0 Å². The molecule has 0 atom stereocenters. The highest BCUT2D eigenvalue weighted by molar-refractivity contribution is 7.91. The van der Waals surface area contributed by atoms with Crippen LogP contribution in [0.1, 0.15) is 11.1 Å². The van der Waals surface area contributed by atoms with Crippen LogP contribution in [0.2, 0.25) is 0 Å². The van der Waals surface area contributed by atoms with E-state index in [0.717, 1.165) is 28.2 Å². The molecule has 2 rings (SSSR count). The predicted octanol–water partition coefficient (Wildman–Crippen LogP) is 1.99. The normalized spacial score (nSPS) is 11.4. The van der Waals surface area contributed by atoms with Crippen LogP contribution in [-0.4, -0.2) is 15.5 Å². The molecule has 0 saturated heterocycles. The summed E-state index contributed by atoms with van der Waals surface area (Å²) in [5, 5.41) is 6.90. The maximum Gasteiger partial charge on any atom is 0.247 e. The summed E-state index contributed by atoms with van der Waals surface area (Å²) in [4.78, 5) is 0. The zero-order valence-electron chi connectivity index (χ0n) is 9.79. The van der Waals surface area contributed by atoms with Gasteiger partial charge in [-0.15, -0.1) is 11.3 Å². The number of hydrogen-bond acceptors (Lipinski definition) is 4. The molecule has 0 saturated carbocycles. The van der Waals surface area contributed by atoms with Gasteiger partial charge >= 0.3 is 0 Å². The molecule has 0 unspecified atom stereocenters. The standard InChI is InChI=1S/C12H13NO3S2/c1-16-11-4-2-3-9(8-11)7-10-5-6-17-12(10)18(13,14)15/h2-6,8H,7H2,1H3,(H2,13,14,15). The van der Waals surface area contributed by atoms with Gasteiger partial charge in [0, 0.05) is 0 Å². The van der Waals surface area contributed by atoms with Crippen molar-refractivity contribution in [2.45, 2.75) is 10.6 Å². The largest absolute Gasteiger partial charge is 0.497 e. The van der Waals surface area contributed by atoms with Crippen LogP contribution in [0.4, 0.5) is 0 Å². The SMILES string of the molecule is COc1cccc(Cc2ccsc2S(N)(=O)=O)c1. The monoisotopic (exact) mass is 283 g/mol. The fourth-order valence-electron chi connectivity index (χ4n) is 1.70. The van der Waals surface area contributed by atoms with E-state index in [0.29, 0.717) is 6.42 Å². The van der Waals surface area contributed by atoms with Gasteiger partial charge in [-0.25, -0.2) is 13.6 Å². The van der Waals surface area contributed by atoms with E-state index >= 15 is 0 Å². The lowest BCUT2D eigenvalue weighted by Gasteiger charge is -2.05. The number of primary sulfonamides is 1. The zero-order chi connectivity index (χ0) is 13.2. The van der Waals surface area contributed by atoms with Gasteiger partial charge in [0.15, 0.2) is 0 Å². The van der Waals surface area contributed by atoms with E-state index in [-0.39, 0.29) is 4.21 Å². The quantitative estimate of drug-likeness (QED) is 0.933. The van der Waals surface area contributed by atoms with E-state index in [4.69, 9.17) is 9.88 Å². The van der Waals surface area contributed by atoms with Gasteiger partial charge in [-0.05, 0) is 41.1 Å². The number of hydrogen-bond donors (Lipinski definition) is 1. The number of sulfonamides is 1. The first kappa shape index (κ1) is 13.1. The molecule has 0 aliphatic heterocycles. The van der Waals surface area contributed by atoms with Gasteiger partial charge in [-0.3, -0.25) is 0 Å².